The molecule has 0 aliphatic carbocycles. The molecular formula is C13H22BNO2. The van der Waals surface area contributed by atoms with Gasteiger partial charge in [0.1, 0.15) is 0 Å². The Balaban J connectivity index is 2.69. The number of hydrogen-bond donors (Lipinski definition) is 2. The third-order valence-corrected chi connectivity index (χ3v) is 2.73. The first kappa shape index (κ1) is 14.2. The maximum atomic E-state index is 9.13. The van der Waals surface area contributed by atoms with Crippen LogP contribution in [-0.2, 0) is 6.54 Å². The van der Waals surface area contributed by atoms with E-state index in [1.807, 2.05) is 18.2 Å². The van der Waals surface area contributed by atoms with Crippen LogP contribution in [0.1, 0.15) is 26.3 Å². The maximum absolute atomic E-state index is 9.13. The molecule has 17 heavy (non-hydrogen) atoms. The standard InChI is InChI=1S/C13H22BNO2/c1-4-15(9-11(2)3)10-12-6-5-7-13(8-12)14(16)17/h5-8,11,16-17H,4,9-10H2,1-3H3. The van der Waals surface area contributed by atoms with Gasteiger partial charge in [0.25, 0.3) is 0 Å². The zero-order valence-corrected chi connectivity index (χ0v) is 10.9. The molecule has 0 saturated heterocycles. The summed E-state index contributed by atoms with van der Waals surface area (Å²) in [6, 6.07) is 7.47. The molecule has 0 atom stereocenters. The van der Waals surface area contributed by atoms with E-state index in [1.54, 1.807) is 6.07 Å². The van der Waals surface area contributed by atoms with Crippen molar-refractivity contribution in [3.8, 4) is 0 Å². The van der Waals surface area contributed by atoms with Crippen LogP contribution in [0.2, 0.25) is 0 Å². The van der Waals surface area contributed by atoms with E-state index in [1.165, 1.54) is 0 Å². The Kier molecular flexibility index (Phi) is 5.68. The Morgan fingerprint density at radius 2 is 2.00 bits per heavy atom. The fraction of sp³-hybridized carbons (Fsp3) is 0.538. The molecule has 0 aliphatic heterocycles. The van der Waals surface area contributed by atoms with Gasteiger partial charge in [-0.1, -0.05) is 45.0 Å². The molecule has 0 radical (unpaired) electrons. The first-order valence-electron chi connectivity index (χ1n) is 6.20. The molecule has 0 aliphatic rings. The number of benzene rings is 1. The van der Waals surface area contributed by atoms with E-state index in [0.717, 1.165) is 25.2 Å². The van der Waals surface area contributed by atoms with Gasteiger partial charge in [-0.3, -0.25) is 4.90 Å². The summed E-state index contributed by atoms with van der Waals surface area (Å²) in [5.74, 6) is 0.640. The minimum absolute atomic E-state index is 0.558. The maximum Gasteiger partial charge on any atom is 0.488 e. The predicted molar refractivity (Wildman–Crippen MR) is 72.1 cm³/mol. The highest BCUT2D eigenvalue weighted by Crippen LogP contribution is 2.06. The van der Waals surface area contributed by atoms with E-state index in [2.05, 4.69) is 25.7 Å². The summed E-state index contributed by atoms with van der Waals surface area (Å²) in [7, 11) is -1.38. The molecule has 0 fully saturated rings. The van der Waals surface area contributed by atoms with Crippen molar-refractivity contribution in [2.75, 3.05) is 13.1 Å². The molecule has 94 valence electrons. The predicted octanol–water partition coefficient (Wildman–Crippen LogP) is 0.844. The van der Waals surface area contributed by atoms with Crippen molar-refractivity contribution in [2.45, 2.75) is 27.3 Å². The Morgan fingerprint density at radius 1 is 1.29 bits per heavy atom. The molecule has 0 spiro atoms. The van der Waals surface area contributed by atoms with E-state index in [0.29, 0.717) is 11.4 Å². The number of nitrogens with zero attached hydrogens (tertiary/aromatic N) is 1. The SMILES string of the molecule is CCN(Cc1cccc(B(O)O)c1)CC(C)C. The molecule has 0 unspecified atom stereocenters. The smallest absolute Gasteiger partial charge is 0.423 e. The summed E-state index contributed by atoms with van der Waals surface area (Å²) in [5.41, 5.74) is 1.68. The molecule has 4 heteroatoms. The van der Waals surface area contributed by atoms with Crippen molar-refractivity contribution >= 4 is 12.6 Å². The van der Waals surface area contributed by atoms with E-state index >= 15 is 0 Å². The zero-order chi connectivity index (χ0) is 12.8. The lowest BCUT2D eigenvalue weighted by atomic mass is 9.79. The van der Waals surface area contributed by atoms with Crippen LogP contribution >= 0.6 is 0 Å². The molecule has 0 heterocycles. The topological polar surface area (TPSA) is 43.7 Å². The molecule has 1 aromatic carbocycles. The van der Waals surface area contributed by atoms with Gasteiger partial charge in [0.2, 0.25) is 0 Å². The second kappa shape index (κ2) is 6.79. The summed E-state index contributed by atoms with van der Waals surface area (Å²) in [5, 5.41) is 18.3. The van der Waals surface area contributed by atoms with Gasteiger partial charge in [-0.15, -0.1) is 0 Å². The van der Waals surface area contributed by atoms with Gasteiger partial charge in [-0.05, 0) is 23.5 Å². The van der Waals surface area contributed by atoms with Crippen LogP contribution in [0.5, 0.6) is 0 Å². The largest absolute Gasteiger partial charge is 0.488 e. The molecule has 2 N–H and O–H groups in total. The summed E-state index contributed by atoms with van der Waals surface area (Å²) >= 11 is 0. The average Bonchev–Trinajstić information content (AvgIpc) is 2.28. The second-order valence-corrected chi connectivity index (χ2v) is 4.84. The van der Waals surface area contributed by atoms with Gasteiger partial charge in [0.15, 0.2) is 0 Å². The first-order chi connectivity index (χ1) is 8.02. The third-order valence-electron chi connectivity index (χ3n) is 2.73. The van der Waals surface area contributed by atoms with E-state index in [4.69, 9.17) is 10.0 Å². The number of hydrogen-bond acceptors (Lipinski definition) is 3. The fourth-order valence-corrected chi connectivity index (χ4v) is 1.93. The lowest BCUT2D eigenvalue weighted by molar-refractivity contribution is 0.248. The lowest BCUT2D eigenvalue weighted by Gasteiger charge is -2.22. The minimum Gasteiger partial charge on any atom is -0.423 e. The summed E-state index contributed by atoms with van der Waals surface area (Å²) < 4.78 is 0. The summed E-state index contributed by atoms with van der Waals surface area (Å²) in [4.78, 5) is 2.35. The highest BCUT2D eigenvalue weighted by Gasteiger charge is 2.12. The quantitative estimate of drug-likeness (QED) is 0.718. The van der Waals surface area contributed by atoms with Crippen LogP contribution in [0, 0.1) is 5.92 Å². The van der Waals surface area contributed by atoms with Crippen molar-refractivity contribution in [1.29, 1.82) is 0 Å². The monoisotopic (exact) mass is 235 g/mol. The minimum atomic E-state index is -1.38. The van der Waals surface area contributed by atoms with Gasteiger partial charge in [-0.25, -0.2) is 0 Å². The summed E-state index contributed by atoms with van der Waals surface area (Å²) in [6.07, 6.45) is 0. The Hall–Kier alpha value is -0.835. The molecule has 3 nitrogen and oxygen atoms in total. The van der Waals surface area contributed by atoms with Crippen LogP contribution in [0.3, 0.4) is 0 Å². The molecule has 0 saturated carbocycles. The van der Waals surface area contributed by atoms with Crippen molar-refractivity contribution < 1.29 is 10.0 Å². The van der Waals surface area contributed by atoms with Crippen LogP contribution < -0.4 is 5.46 Å². The van der Waals surface area contributed by atoms with Crippen molar-refractivity contribution in [1.82, 2.24) is 4.90 Å². The van der Waals surface area contributed by atoms with Gasteiger partial charge in [0, 0.05) is 13.1 Å². The van der Waals surface area contributed by atoms with E-state index in [-0.39, 0.29) is 0 Å². The van der Waals surface area contributed by atoms with E-state index in [9.17, 15) is 0 Å². The van der Waals surface area contributed by atoms with Crippen LogP contribution in [0.4, 0.5) is 0 Å². The fourth-order valence-electron chi connectivity index (χ4n) is 1.93. The van der Waals surface area contributed by atoms with Crippen molar-refractivity contribution in [3.63, 3.8) is 0 Å². The first-order valence-corrected chi connectivity index (χ1v) is 6.20. The molecule has 1 aromatic rings. The summed E-state index contributed by atoms with van der Waals surface area (Å²) in [6.45, 7) is 9.47. The molecule has 0 aromatic heterocycles. The average molecular weight is 235 g/mol. The Bertz CT molecular complexity index is 342. The van der Waals surface area contributed by atoms with Crippen molar-refractivity contribution in [2.24, 2.45) is 5.92 Å². The molecule has 0 amide bonds. The Morgan fingerprint density at radius 3 is 2.53 bits per heavy atom. The highest BCUT2D eigenvalue weighted by molar-refractivity contribution is 6.58. The zero-order valence-electron chi connectivity index (χ0n) is 10.9. The third kappa shape index (κ3) is 4.90. The normalized spacial score (nSPS) is 11.2. The second-order valence-electron chi connectivity index (χ2n) is 4.84. The Labute approximate surface area is 104 Å². The van der Waals surface area contributed by atoms with Crippen LogP contribution in [-0.4, -0.2) is 35.2 Å². The van der Waals surface area contributed by atoms with Crippen LogP contribution in [0.15, 0.2) is 24.3 Å². The molecule has 1 rings (SSSR count). The van der Waals surface area contributed by atoms with E-state index < -0.39 is 7.12 Å². The highest BCUT2D eigenvalue weighted by atomic mass is 16.4. The van der Waals surface area contributed by atoms with Crippen LogP contribution in [0.25, 0.3) is 0 Å². The van der Waals surface area contributed by atoms with Crippen molar-refractivity contribution in [3.05, 3.63) is 29.8 Å². The number of rotatable bonds is 6. The lowest BCUT2D eigenvalue weighted by Crippen LogP contribution is -2.31. The van der Waals surface area contributed by atoms with Gasteiger partial charge >= 0.3 is 7.12 Å². The van der Waals surface area contributed by atoms with Gasteiger partial charge < -0.3 is 10.0 Å². The van der Waals surface area contributed by atoms with Gasteiger partial charge in [0.05, 0.1) is 0 Å². The van der Waals surface area contributed by atoms with Gasteiger partial charge in [-0.2, -0.15) is 0 Å². The molecule has 0 bridgehead atoms. The molecular weight excluding hydrogens is 213 g/mol.